The molecular weight excluding hydrogens is 358 g/mol. The van der Waals surface area contributed by atoms with Crippen molar-refractivity contribution in [1.29, 1.82) is 0 Å². The summed E-state index contributed by atoms with van der Waals surface area (Å²) < 4.78 is 27.1. The zero-order valence-corrected chi connectivity index (χ0v) is 16.1. The molecule has 1 aromatic carbocycles. The zero-order valence-electron chi connectivity index (χ0n) is 14.4. The molecule has 2 heterocycles. The predicted octanol–water partition coefficient (Wildman–Crippen LogP) is 2.86. The molecule has 1 aliphatic heterocycles. The highest BCUT2D eigenvalue weighted by atomic mass is 32.2. The number of sulfonamides is 1. The molecule has 1 aromatic heterocycles. The van der Waals surface area contributed by atoms with Gasteiger partial charge in [-0.2, -0.15) is 4.31 Å². The maximum atomic E-state index is 12.9. The number of aryl methyl sites for hydroxylation is 3. The number of aromatic nitrogens is 1. The van der Waals surface area contributed by atoms with E-state index in [1.165, 1.54) is 15.6 Å². The first-order valence-electron chi connectivity index (χ1n) is 8.12. The van der Waals surface area contributed by atoms with Crippen LogP contribution in [0.2, 0.25) is 0 Å². The Bertz CT molecular complexity index is 869. The number of amides is 1. The van der Waals surface area contributed by atoms with Gasteiger partial charge in [-0.05, 0) is 45.7 Å². The molecule has 1 amide bonds. The second-order valence-electron chi connectivity index (χ2n) is 6.24. The van der Waals surface area contributed by atoms with Gasteiger partial charge in [0.15, 0.2) is 5.13 Å². The minimum absolute atomic E-state index is 0.221. The number of carbonyl (C=O) groups is 1. The number of anilines is 1. The third-order valence-electron chi connectivity index (χ3n) is 4.39. The number of nitrogens with one attached hydrogen (secondary N) is 1. The molecule has 25 heavy (non-hydrogen) atoms. The lowest BCUT2D eigenvalue weighted by atomic mass is 10.2. The Morgan fingerprint density at radius 2 is 1.92 bits per heavy atom. The molecule has 1 atom stereocenters. The van der Waals surface area contributed by atoms with Crippen LogP contribution in [0.25, 0.3) is 0 Å². The lowest BCUT2D eigenvalue weighted by Crippen LogP contribution is -2.43. The first kappa shape index (κ1) is 18.0. The number of rotatable bonds is 4. The fraction of sp³-hybridized carbons (Fsp3) is 0.412. The van der Waals surface area contributed by atoms with Gasteiger partial charge in [0, 0.05) is 11.4 Å². The van der Waals surface area contributed by atoms with Crippen LogP contribution in [0.1, 0.15) is 29.0 Å². The molecular formula is C17H21N3O3S2. The van der Waals surface area contributed by atoms with E-state index in [0.29, 0.717) is 24.5 Å². The lowest BCUT2D eigenvalue weighted by Gasteiger charge is -2.23. The van der Waals surface area contributed by atoms with Crippen LogP contribution < -0.4 is 5.32 Å². The van der Waals surface area contributed by atoms with Crippen LogP contribution in [0.3, 0.4) is 0 Å². The van der Waals surface area contributed by atoms with Crippen LogP contribution in [0, 0.1) is 20.8 Å². The SMILES string of the molecule is Cc1ccc(S(=O)(=O)N2CCC[C@@H]2C(=O)Nc2nc(C)c(C)s2)cc1. The van der Waals surface area contributed by atoms with Gasteiger partial charge in [-0.15, -0.1) is 11.3 Å². The largest absolute Gasteiger partial charge is 0.301 e. The van der Waals surface area contributed by atoms with Crippen molar-refractivity contribution < 1.29 is 13.2 Å². The Kier molecular flexibility index (Phi) is 4.95. The minimum atomic E-state index is -3.69. The second-order valence-corrected chi connectivity index (χ2v) is 9.33. The van der Waals surface area contributed by atoms with Crippen LogP contribution in [0.4, 0.5) is 5.13 Å². The highest BCUT2D eigenvalue weighted by Crippen LogP contribution is 2.28. The first-order chi connectivity index (χ1) is 11.8. The molecule has 1 saturated heterocycles. The highest BCUT2D eigenvalue weighted by Gasteiger charge is 2.39. The molecule has 134 valence electrons. The molecule has 0 unspecified atom stereocenters. The molecule has 0 saturated carbocycles. The molecule has 0 spiro atoms. The summed E-state index contributed by atoms with van der Waals surface area (Å²) in [7, 11) is -3.69. The van der Waals surface area contributed by atoms with E-state index in [1.807, 2.05) is 20.8 Å². The van der Waals surface area contributed by atoms with Gasteiger partial charge in [0.25, 0.3) is 0 Å². The van der Waals surface area contributed by atoms with Gasteiger partial charge in [0.1, 0.15) is 6.04 Å². The van der Waals surface area contributed by atoms with Crippen molar-refractivity contribution in [2.45, 2.75) is 44.6 Å². The Morgan fingerprint density at radius 1 is 1.24 bits per heavy atom. The summed E-state index contributed by atoms with van der Waals surface area (Å²) in [5.41, 5.74) is 1.86. The standard InChI is InChI=1S/C17H21N3O3S2/c1-11-6-8-14(9-7-11)25(22,23)20-10-4-5-15(20)16(21)19-17-18-12(2)13(3)24-17/h6-9,15H,4-5,10H2,1-3H3,(H,18,19,21)/t15-/m1/s1. The van der Waals surface area contributed by atoms with Gasteiger partial charge in [0.2, 0.25) is 15.9 Å². The van der Waals surface area contributed by atoms with Crippen LogP contribution >= 0.6 is 11.3 Å². The van der Waals surface area contributed by atoms with Crippen molar-refractivity contribution in [1.82, 2.24) is 9.29 Å². The number of hydrogen-bond donors (Lipinski definition) is 1. The van der Waals surface area contributed by atoms with E-state index in [2.05, 4.69) is 10.3 Å². The van der Waals surface area contributed by atoms with Crippen molar-refractivity contribution >= 4 is 32.4 Å². The van der Waals surface area contributed by atoms with Crippen LogP contribution in [-0.2, 0) is 14.8 Å². The Hall–Kier alpha value is -1.77. The molecule has 1 fully saturated rings. The summed E-state index contributed by atoms with van der Waals surface area (Å²) in [6, 6.07) is 6.01. The minimum Gasteiger partial charge on any atom is -0.301 e. The Labute approximate surface area is 151 Å². The lowest BCUT2D eigenvalue weighted by molar-refractivity contribution is -0.119. The van der Waals surface area contributed by atoms with Gasteiger partial charge in [-0.25, -0.2) is 13.4 Å². The number of benzene rings is 1. The van der Waals surface area contributed by atoms with Crippen molar-refractivity contribution in [3.63, 3.8) is 0 Å². The highest BCUT2D eigenvalue weighted by molar-refractivity contribution is 7.89. The summed E-state index contributed by atoms with van der Waals surface area (Å²) >= 11 is 1.40. The smallest absolute Gasteiger partial charge is 0.244 e. The fourth-order valence-electron chi connectivity index (χ4n) is 2.85. The quantitative estimate of drug-likeness (QED) is 0.886. The van der Waals surface area contributed by atoms with Crippen LogP contribution in [-0.4, -0.2) is 36.2 Å². The monoisotopic (exact) mass is 379 g/mol. The van der Waals surface area contributed by atoms with Gasteiger partial charge >= 0.3 is 0 Å². The topological polar surface area (TPSA) is 79.4 Å². The number of hydrogen-bond acceptors (Lipinski definition) is 5. The van der Waals surface area contributed by atoms with Crippen LogP contribution in [0.15, 0.2) is 29.2 Å². The van der Waals surface area contributed by atoms with E-state index in [-0.39, 0.29) is 10.8 Å². The second kappa shape index (κ2) is 6.86. The molecule has 6 nitrogen and oxygen atoms in total. The first-order valence-corrected chi connectivity index (χ1v) is 10.4. The average Bonchev–Trinajstić information content (AvgIpc) is 3.15. The summed E-state index contributed by atoms with van der Waals surface area (Å²) in [5.74, 6) is -0.318. The van der Waals surface area contributed by atoms with E-state index in [9.17, 15) is 13.2 Å². The number of carbonyl (C=O) groups excluding carboxylic acids is 1. The fourth-order valence-corrected chi connectivity index (χ4v) is 5.32. The molecule has 1 aliphatic rings. The molecule has 3 rings (SSSR count). The van der Waals surface area contributed by atoms with Crippen molar-refractivity contribution in [3.8, 4) is 0 Å². The number of nitrogens with zero attached hydrogens (tertiary/aromatic N) is 2. The summed E-state index contributed by atoms with van der Waals surface area (Å²) in [5, 5.41) is 3.28. The zero-order chi connectivity index (χ0) is 18.2. The Balaban J connectivity index is 1.81. The maximum Gasteiger partial charge on any atom is 0.244 e. The third kappa shape index (κ3) is 3.61. The number of thiazole rings is 1. The van der Waals surface area contributed by atoms with E-state index >= 15 is 0 Å². The summed E-state index contributed by atoms with van der Waals surface area (Å²) in [6.07, 6.45) is 1.18. The molecule has 1 N–H and O–H groups in total. The van der Waals surface area contributed by atoms with E-state index in [0.717, 1.165) is 16.1 Å². The molecule has 8 heteroatoms. The predicted molar refractivity (Wildman–Crippen MR) is 98.3 cm³/mol. The van der Waals surface area contributed by atoms with E-state index in [4.69, 9.17) is 0 Å². The summed E-state index contributed by atoms with van der Waals surface area (Å²) in [4.78, 5) is 18.2. The van der Waals surface area contributed by atoms with Crippen LogP contribution in [0.5, 0.6) is 0 Å². The third-order valence-corrected chi connectivity index (χ3v) is 7.30. The van der Waals surface area contributed by atoms with Crippen molar-refractivity contribution in [2.24, 2.45) is 0 Å². The molecule has 0 radical (unpaired) electrons. The van der Waals surface area contributed by atoms with E-state index < -0.39 is 16.1 Å². The van der Waals surface area contributed by atoms with Gasteiger partial charge in [0.05, 0.1) is 10.6 Å². The summed E-state index contributed by atoms with van der Waals surface area (Å²) in [6.45, 7) is 6.07. The Morgan fingerprint density at radius 3 is 2.52 bits per heavy atom. The average molecular weight is 380 g/mol. The van der Waals surface area contributed by atoms with E-state index in [1.54, 1.807) is 24.3 Å². The molecule has 2 aromatic rings. The normalized spacial score (nSPS) is 18.4. The van der Waals surface area contributed by atoms with Gasteiger partial charge < -0.3 is 5.32 Å². The molecule has 0 aliphatic carbocycles. The van der Waals surface area contributed by atoms with Gasteiger partial charge in [-0.3, -0.25) is 4.79 Å². The molecule has 0 bridgehead atoms. The van der Waals surface area contributed by atoms with Crippen molar-refractivity contribution in [2.75, 3.05) is 11.9 Å². The van der Waals surface area contributed by atoms with Gasteiger partial charge in [-0.1, -0.05) is 17.7 Å². The van der Waals surface area contributed by atoms with Crippen molar-refractivity contribution in [3.05, 3.63) is 40.4 Å². The maximum absolute atomic E-state index is 12.9.